The highest BCUT2D eigenvalue weighted by Crippen LogP contribution is 2.17. The van der Waals surface area contributed by atoms with Crippen LogP contribution in [-0.4, -0.2) is 4.98 Å². The van der Waals surface area contributed by atoms with Gasteiger partial charge in [-0.25, -0.2) is 4.39 Å². The summed E-state index contributed by atoms with van der Waals surface area (Å²) < 4.78 is 13.0. The fourth-order valence-corrected chi connectivity index (χ4v) is 1.56. The minimum absolute atomic E-state index is 0.0353. The highest BCUT2D eigenvalue weighted by atomic mass is 19.1. The van der Waals surface area contributed by atoms with Gasteiger partial charge in [-0.1, -0.05) is 0 Å². The van der Waals surface area contributed by atoms with E-state index < -0.39 is 5.56 Å². The third-order valence-electron chi connectivity index (χ3n) is 2.35. The van der Waals surface area contributed by atoms with Crippen LogP contribution in [-0.2, 0) is 0 Å². The number of nitrogens with zero attached hydrogens (tertiary/aromatic N) is 1. The summed E-state index contributed by atoms with van der Waals surface area (Å²) in [5.41, 5.74) is 0.649. The van der Waals surface area contributed by atoms with Crippen LogP contribution in [0.2, 0.25) is 0 Å². The molecular weight excluding hydrogens is 195 g/mol. The van der Waals surface area contributed by atoms with Gasteiger partial charge >= 0.3 is 0 Å². The Bertz CT molecular complexity index is 637. The molecule has 1 heterocycles. The highest BCUT2D eigenvalue weighted by Gasteiger charge is 2.08. The Kier molecular flexibility index (Phi) is 2.01. The fraction of sp³-hybridized carbons (Fsp3) is 0.0909. The minimum Gasteiger partial charge on any atom is -0.321 e. The van der Waals surface area contributed by atoms with Gasteiger partial charge in [-0.2, -0.15) is 5.26 Å². The molecular formula is C11H7FN2O. The van der Waals surface area contributed by atoms with Crippen molar-refractivity contribution in [1.82, 2.24) is 4.98 Å². The maximum Gasteiger partial charge on any atom is 0.266 e. The number of nitriles is 1. The molecule has 0 radical (unpaired) electrons. The van der Waals surface area contributed by atoms with Crippen LogP contribution in [0, 0.1) is 24.1 Å². The number of rotatable bonds is 0. The zero-order chi connectivity index (χ0) is 11.0. The number of pyridine rings is 1. The normalized spacial score (nSPS) is 10.2. The molecule has 0 aliphatic heterocycles. The zero-order valence-corrected chi connectivity index (χ0v) is 7.97. The van der Waals surface area contributed by atoms with Crippen molar-refractivity contribution >= 4 is 10.9 Å². The largest absolute Gasteiger partial charge is 0.321 e. The quantitative estimate of drug-likeness (QED) is 0.708. The topological polar surface area (TPSA) is 56.6 Å². The van der Waals surface area contributed by atoms with E-state index in [2.05, 4.69) is 4.98 Å². The third kappa shape index (κ3) is 1.38. The van der Waals surface area contributed by atoms with Crippen molar-refractivity contribution in [3.05, 3.63) is 45.5 Å². The molecule has 0 aliphatic rings. The van der Waals surface area contributed by atoms with Gasteiger partial charge in [0.15, 0.2) is 0 Å². The first-order valence-corrected chi connectivity index (χ1v) is 4.35. The van der Waals surface area contributed by atoms with E-state index in [1.54, 1.807) is 6.92 Å². The molecule has 4 heteroatoms. The van der Waals surface area contributed by atoms with Crippen molar-refractivity contribution in [2.45, 2.75) is 6.92 Å². The number of aromatic nitrogens is 1. The van der Waals surface area contributed by atoms with Crippen molar-refractivity contribution in [3.8, 4) is 6.07 Å². The summed E-state index contributed by atoms with van der Waals surface area (Å²) in [6, 6.07) is 5.87. The molecule has 3 nitrogen and oxygen atoms in total. The summed E-state index contributed by atoms with van der Waals surface area (Å²) in [7, 11) is 0. The third-order valence-corrected chi connectivity index (χ3v) is 2.35. The molecule has 0 amide bonds. The van der Waals surface area contributed by atoms with E-state index in [1.165, 1.54) is 18.2 Å². The van der Waals surface area contributed by atoms with Crippen LogP contribution in [0.15, 0.2) is 23.0 Å². The lowest BCUT2D eigenvalue weighted by atomic mass is 10.1. The Morgan fingerprint density at radius 3 is 2.87 bits per heavy atom. The lowest BCUT2D eigenvalue weighted by Gasteiger charge is -2.03. The van der Waals surface area contributed by atoms with Gasteiger partial charge in [0.1, 0.15) is 17.4 Å². The Morgan fingerprint density at radius 1 is 1.47 bits per heavy atom. The smallest absolute Gasteiger partial charge is 0.266 e. The molecule has 0 saturated carbocycles. The van der Waals surface area contributed by atoms with Crippen LogP contribution in [0.4, 0.5) is 4.39 Å². The first kappa shape index (κ1) is 9.41. The molecule has 2 rings (SSSR count). The maximum atomic E-state index is 13.0. The van der Waals surface area contributed by atoms with Gasteiger partial charge in [0, 0.05) is 10.9 Å². The molecule has 0 fully saturated rings. The van der Waals surface area contributed by atoms with E-state index >= 15 is 0 Å². The molecule has 1 N–H and O–H groups in total. The monoisotopic (exact) mass is 202 g/mol. The standard InChI is InChI=1S/C11H7FN2O/c1-6-8-4-7(12)2-3-10(8)14-11(15)9(6)5-13/h2-4H,1H3,(H,14,15). The molecule has 0 aliphatic carbocycles. The summed E-state index contributed by atoms with van der Waals surface area (Å²) in [6.45, 7) is 1.63. The Morgan fingerprint density at radius 2 is 2.20 bits per heavy atom. The predicted molar refractivity (Wildman–Crippen MR) is 54.0 cm³/mol. The van der Waals surface area contributed by atoms with Crippen LogP contribution in [0.3, 0.4) is 0 Å². The van der Waals surface area contributed by atoms with Crippen LogP contribution in [0.25, 0.3) is 10.9 Å². The van der Waals surface area contributed by atoms with Gasteiger partial charge in [0.25, 0.3) is 5.56 Å². The van der Waals surface area contributed by atoms with Crippen molar-refractivity contribution in [3.63, 3.8) is 0 Å². The summed E-state index contributed by atoms with van der Waals surface area (Å²) in [4.78, 5) is 13.9. The van der Waals surface area contributed by atoms with Crippen molar-refractivity contribution in [2.75, 3.05) is 0 Å². The minimum atomic E-state index is -0.436. The van der Waals surface area contributed by atoms with Crippen molar-refractivity contribution in [1.29, 1.82) is 5.26 Å². The number of aromatic amines is 1. The molecule has 0 bridgehead atoms. The van der Waals surface area contributed by atoms with E-state index in [9.17, 15) is 9.18 Å². The molecule has 0 spiro atoms. The number of nitrogens with one attached hydrogen (secondary N) is 1. The summed E-state index contributed by atoms with van der Waals surface area (Å²) in [6.07, 6.45) is 0. The first-order valence-electron chi connectivity index (χ1n) is 4.35. The van der Waals surface area contributed by atoms with Gasteiger partial charge < -0.3 is 4.98 Å². The maximum absolute atomic E-state index is 13.0. The average Bonchev–Trinajstić information content (AvgIpc) is 2.20. The Labute approximate surface area is 84.8 Å². The van der Waals surface area contributed by atoms with E-state index in [4.69, 9.17) is 5.26 Å². The number of H-pyrrole nitrogens is 1. The summed E-state index contributed by atoms with van der Waals surface area (Å²) in [5.74, 6) is -0.387. The van der Waals surface area contributed by atoms with Gasteiger partial charge in [0.2, 0.25) is 0 Å². The van der Waals surface area contributed by atoms with Crippen LogP contribution >= 0.6 is 0 Å². The van der Waals surface area contributed by atoms with E-state index in [-0.39, 0.29) is 11.4 Å². The average molecular weight is 202 g/mol. The number of fused-ring (bicyclic) bond motifs is 1. The number of benzene rings is 1. The van der Waals surface area contributed by atoms with Gasteiger partial charge in [-0.05, 0) is 30.7 Å². The van der Waals surface area contributed by atoms with Gasteiger partial charge in [0.05, 0.1) is 0 Å². The predicted octanol–water partition coefficient (Wildman–Crippen LogP) is 1.85. The lowest BCUT2D eigenvalue weighted by molar-refractivity contribution is 0.629. The van der Waals surface area contributed by atoms with E-state index in [0.717, 1.165) is 0 Å². The SMILES string of the molecule is Cc1c(C#N)c(=O)[nH]c2ccc(F)cc12. The second-order valence-corrected chi connectivity index (χ2v) is 3.26. The molecule has 0 saturated heterocycles. The Hall–Kier alpha value is -2.15. The molecule has 74 valence electrons. The van der Waals surface area contributed by atoms with Crippen LogP contribution in [0.5, 0.6) is 0 Å². The fourth-order valence-electron chi connectivity index (χ4n) is 1.56. The molecule has 0 atom stereocenters. The molecule has 0 unspecified atom stereocenters. The second kappa shape index (κ2) is 3.21. The molecule has 1 aromatic heterocycles. The number of aryl methyl sites for hydroxylation is 1. The molecule has 2 aromatic rings. The van der Waals surface area contributed by atoms with Crippen LogP contribution in [0.1, 0.15) is 11.1 Å². The van der Waals surface area contributed by atoms with Gasteiger partial charge in [-0.15, -0.1) is 0 Å². The molecule has 1 aromatic carbocycles. The lowest BCUT2D eigenvalue weighted by Crippen LogP contribution is -2.12. The summed E-state index contributed by atoms with van der Waals surface area (Å²) in [5, 5.41) is 9.33. The van der Waals surface area contributed by atoms with Crippen molar-refractivity contribution in [2.24, 2.45) is 0 Å². The van der Waals surface area contributed by atoms with Gasteiger partial charge in [-0.3, -0.25) is 4.79 Å². The number of hydrogen-bond acceptors (Lipinski definition) is 2. The summed E-state index contributed by atoms with van der Waals surface area (Å²) >= 11 is 0. The number of halogens is 1. The number of hydrogen-bond donors (Lipinski definition) is 1. The molecule has 15 heavy (non-hydrogen) atoms. The first-order chi connectivity index (χ1) is 7.13. The zero-order valence-electron chi connectivity index (χ0n) is 7.97. The van der Waals surface area contributed by atoms with Crippen LogP contribution < -0.4 is 5.56 Å². The van der Waals surface area contributed by atoms with E-state index in [0.29, 0.717) is 16.5 Å². The van der Waals surface area contributed by atoms with Crippen molar-refractivity contribution < 1.29 is 4.39 Å². The second-order valence-electron chi connectivity index (χ2n) is 3.26. The van der Waals surface area contributed by atoms with E-state index in [1.807, 2.05) is 6.07 Å². The Balaban J connectivity index is 3.00. The highest BCUT2D eigenvalue weighted by molar-refractivity contribution is 5.83.